The summed E-state index contributed by atoms with van der Waals surface area (Å²) in [6, 6.07) is 0. The zero-order valence-corrected chi connectivity index (χ0v) is 8.79. The second kappa shape index (κ2) is 3.90. The quantitative estimate of drug-likeness (QED) is 0.402. The normalized spacial score (nSPS) is 17.8. The van der Waals surface area contributed by atoms with E-state index in [9.17, 15) is 5.11 Å². The van der Waals surface area contributed by atoms with Gasteiger partial charge < -0.3 is 14.8 Å². The summed E-state index contributed by atoms with van der Waals surface area (Å²) in [7, 11) is 3.35. The Morgan fingerprint density at radius 2 is 2.40 bits per heavy atom. The molecule has 82 valence electrons. The number of aliphatic hydroxyl groups excluding tert-OH is 1. The van der Waals surface area contributed by atoms with Gasteiger partial charge in [0.15, 0.2) is 5.84 Å². The summed E-state index contributed by atoms with van der Waals surface area (Å²) in [5, 5.41) is 17.2. The van der Waals surface area contributed by atoms with Gasteiger partial charge in [-0.2, -0.15) is 5.10 Å². The lowest BCUT2D eigenvalue weighted by Gasteiger charge is -2.37. The average molecular weight is 210 g/mol. The maximum atomic E-state index is 9.23. The molecule has 15 heavy (non-hydrogen) atoms. The van der Waals surface area contributed by atoms with Crippen LogP contribution in [-0.2, 0) is 11.9 Å². The van der Waals surface area contributed by atoms with Crippen LogP contribution >= 0.6 is 0 Å². The molecule has 0 saturated carbocycles. The molecule has 1 aliphatic rings. The number of amidine groups is 1. The summed E-state index contributed by atoms with van der Waals surface area (Å²) in [6.45, 7) is 1.19. The number of rotatable bonds is 2. The van der Waals surface area contributed by atoms with Gasteiger partial charge in [0.05, 0.1) is 17.9 Å². The summed E-state index contributed by atoms with van der Waals surface area (Å²) >= 11 is 0. The van der Waals surface area contributed by atoms with Crippen LogP contribution in [0.15, 0.2) is 17.5 Å². The molecule has 1 fully saturated rings. The van der Waals surface area contributed by atoms with Gasteiger partial charge in [0.1, 0.15) is 7.11 Å². The highest BCUT2D eigenvalue weighted by atomic mass is 16.6. The first-order valence-electron chi connectivity index (χ1n) is 4.74. The zero-order valence-electron chi connectivity index (χ0n) is 8.79. The number of hydrogen-bond acceptors (Lipinski definition) is 4. The minimum Gasteiger partial charge on any atom is -0.397 e. The van der Waals surface area contributed by atoms with Crippen LogP contribution in [0.3, 0.4) is 0 Å². The van der Waals surface area contributed by atoms with Crippen molar-refractivity contribution in [3.63, 3.8) is 0 Å². The number of oxime groups is 1. The van der Waals surface area contributed by atoms with E-state index in [1.807, 2.05) is 18.1 Å². The van der Waals surface area contributed by atoms with Crippen molar-refractivity contribution in [2.24, 2.45) is 12.2 Å². The number of aryl methyl sites for hydroxylation is 1. The number of aromatic nitrogens is 2. The third kappa shape index (κ3) is 1.94. The van der Waals surface area contributed by atoms with Crippen LogP contribution in [0.4, 0.5) is 0 Å². The largest absolute Gasteiger partial charge is 0.397 e. The Morgan fingerprint density at radius 3 is 2.87 bits per heavy atom. The summed E-state index contributed by atoms with van der Waals surface area (Å²) in [5.41, 5.74) is 0.895. The van der Waals surface area contributed by atoms with Gasteiger partial charge in [-0.25, -0.2) is 0 Å². The Morgan fingerprint density at radius 1 is 1.67 bits per heavy atom. The fourth-order valence-corrected chi connectivity index (χ4v) is 1.54. The second-order valence-corrected chi connectivity index (χ2v) is 3.56. The smallest absolute Gasteiger partial charge is 0.178 e. The lowest BCUT2D eigenvalue weighted by atomic mass is 10.1. The number of likely N-dealkylation sites (tertiary alicyclic amines) is 1. The Kier molecular flexibility index (Phi) is 2.59. The Bertz CT molecular complexity index is 368. The second-order valence-electron chi connectivity index (χ2n) is 3.56. The van der Waals surface area contributed by atoms with E-state index in [1.165, 1.54) is 7.11 Å². The Hall–Kier alpha value is -1.56. The molecular weight excluding hydrogens is 196 g/mol. The van der Waals surface area contributed by atoms with Gasteiger partial charge in [-0.3, -0.25) is 4.68 Å². The molecule has 0 bridgehead atoms. The van der Waals surface area contributed by atoms with Gasteiger partial charge in [0.2, 0.25) is 0 Å². The van der Waals surface area contributed by atoms with Crippen LogP contribution < -0.4 is 0 Å². The molecule has 0 atom stereocenters. The molecule has 0 radical (unpaired) electrons. The highest BCUT2D eigenvalue weighted by Gasteiger charge is 2.29. The molecule has 1 aromatic heterocycles. The topological polar surface area (TPSA) is 62.9 Å². The van der Waals surface area contributed by atoms with E-state index < -0.39 is 0 Å². The average Bonchev–Trinajstić information content (AvgIpc) is 2.57. The van der Waals surface area contributed by atoms with Crippen molar-refractivity contribution in [2.45, 2.75) is 6.10 Å². The van der Waals surface area contributed by atoms with Crippen LogP contribution in [0, 0.1) is 0 Å². The fourth-order valence-electron chi connectivity index (χ4n) is 1.54. The van der Waals surface area contributed by atoms with Crippen LogP contribution in [0.5, 0.6) is 0 Å². The highest BCUT2D eigenvalue weighted by Crippen LogP contribution is 2.13. The van der Waals surface area contributed by atoms with E-state index in [4.69, 9.17) is 4.84 Å². The molecule has 0 amide bonds. The standard InChI is InChI=1S/C9H14N4O2/c1-12-4-7(3-10-12)9(11-15-2)13-5-8(14)6-13/h3-4,8,14H,5-6H2,1-2H3. The van der Waals surface area contributed by atoms with Gasteiger partial charge in [0.25, 0.3) is 0 Å². The van der Waals surface area contributed by atoms with Gasteiger partial charge in [-0.1, -0.05) is 5.16 Å². The van der Waals surface area contributed by atoms with Crippen LogP contribution in [0.1, 0.15) is 5.56 Å². The maximum absolute atomic E-state index is 9.23. The lowest BCUT2D eigenvalue weighted by molar-refractivity contribution is 0.0439. The van der Waals surface area contributed by atoms with E-state index >= 15 is 0 Å². The minimum absolute atomic E-state index is 0.260. The fraction of sp³-hybridized carbons (Fsp3) is 0.556. The van der Waals surface area contributed by atoms with E-state index in [-0.39, 0.29) is 6.10 Å². The zero-order chi connectivity index (χ0) is 10.8. The van der Waals surface area contributed by atoms with Crippen molar-refractivity contribution in [2.75, 3.05) is 20.2 Å². The van der Waals surface area contributed by atoms with Crippen molar-refractivity contribution >= 4 is 5.84 Å². The number of β-amino-alcohol motifs (C(OH)–C–C–N with tert-alkyl or cyclic N) is 1. The summed E-state index contributed by atoms with van der Waals surface area (Å²) in [6.07, 6.45) is 3.33. The Labute approximate surface area is 87.7 Å². The highest BCUT2D eigenvalue weighted by molar-refractivity contribution is 5.98. The van der Waals surface area contributed by atoms with Gasteiger partial charge in [-0.15, -0.1) is 0 Å². The molecule has 2 heterocycles. The maximum Gasteiger partial charge on any atom is 0.178 e. The van der Waals surface area contributed by atoms with Crippen molar-refractivity contribution in [3.8, 4) is 0 Å². The van der Waals surface area contributed by atoms with Crippen molar-refractivity contribution in [3.05, 3.63) is 18.0 Å². The summed E-state index contributed by atoms with van der Waals surface area (Å²) < 4.78 is 1.71. The van der Waals surface area contributed by atoms with Crippen molar-refractivity contribution < 1.29 is 9.94 Å². The molecule has 2 rings (SSSR count). The molecule has 1 saturated heterocycles. The predicted octanol–water partition coefficient (Wildman–Crippen LogP) is -0.595. The molecule has 6 heteroatoms. The molecular formula is C9H14N4O2. The molecule has 0 aliphatic carbocycles. The molecule has 0 spiro atoms. The van der Waals surface area contributed by atoms with Crippen LogP contribution in [0.25, 0.3) is 0 Å². The molecule has 6 nitrogen and oxygen atoms in total. The molecule has 1 aromatic rings. The first kappa shape index (κ1) is 9.97. The van der Waals surface area contributed by atoms with E-state index in [0.29, 0.717) is 13.1 Å². The third-order valence-corrected chi connectivity index (χ3v) is 2.30. The monoisotopic (exact) mass is 210 g/mol. The minimum atomic E-state index is -0.260. The van der Waals surface area contributed by atoms with Crippen LogP contribution in [-0.4, -0.2) is 51.9 Å². The van der Waals surface area contributed by atoms with E-state index in [2.05, 4.69) is 10.3 Å². The summed E-state index contributed by atoms with van der Waals surface area (Å²) in [5.74, 6) is 0.718. The SMILES string of the molecule is CON=C(c1cnn(C)c1)N1CC(O)C1. The first-order valence-corrected chi connectivity index (χ1v) is 4.74. The van der Waals surface area contributed by atoms with E-state index in [0.717, 1.165) is 11.4 Å². The molecule has 0 aromatic carbocycles. The van der Waals surface area contributed by atoms with Gasteiger partial charge in [0, 0.05) is 26.3 Å². The molecule has 1 aliphatic heterocycles. The van der Waals surface area contributed by atoms with Crippen LogP contribution in [0.2, 0.25) is 0 Å². The predicted molar refractivity (Wildman–Crippen MR) is 54.3 cm³/mol. The van der Waals surface area contributed by atoms with Gasteiger partial charge >= 0.3 is 0 Å². The summed E-state index contributed by atoms with van der Waals surface area (Å²) in [4.78, 5) is 6.74. The first-order chi connectivity index (χ1) is 7.20. The number of hydrogen-bond donors (Lipinski definition) is 1. The third-order valence-electron chi connectivity index (χ3n) is 2.30. The van der Waals surface area contributed by atoms with Crippen molar-refractivity contribution in [1.82, 2.24) is 14.7 Å². The van der Waals surface area contributed by atoms with Gasteiger partial charge in [-0.05, 0) is 0 Å². The molecule has 0 unspecified atom stereocenters. The van der Waals surface area contributed by atoms with E-state index in [1.54, 1.807) is 10.9 Å². The lowest BCUT2D eigenvalue weighted by Crippen LogP contribution is -2.53. The number of nitrogens with zero attached hydrogens (tertiary/aromatic N) is 4. The van der Waals surface area contributed by atoms with Crippen molar-refractivity contribution in [1.29, 1.82) is 0 Å². The molecule has 1 N–H and O–H groups in total. The Balaban J connectivity index is 2.17. The number of aliphatic hydroxyl groups is 1.